The Labute approximate surface area is 108 Å². The third-order valence-electron chi connectivity index (χ3n) is 2.85. The van der Waals surface area contributed by atoms with Crippen molar-refractivity contribution in [2.45, 2.75) is 25.7 Å². The zero-order valence-electron chi connectivity index (χ0n) is 10.5. The highest BCUT2D eigenvalue weighted by atomic mass is 32.2. The molecule has 5 heteroatoms. The van der Waals surface area contributed by atoms with Crippen molar-refractivity contribution >= 4 is 9.84 Å². The van der Waals surface area contributed by atoms with Gasteiger partial charge in [-0.3, -0.25) is 0 Å². The molecule has 3 nitrogen and oxygen atoms in total. The molecule has 0 saturated carbocycles. The number of aliphatic hydroxyl groups is 1. The monoisotopic (exact) mass is 274 g/mol. The van der Waals surface area contributed by atoms with Crippen molar-refractivity contribution in [2.75, 3.05) is 18.1 Å². The summed E-state index contributed by atoms with van der Waals surface area (Å²) >= 11 is 0. The van der Waals surface area contributed by atoms with Gasteiger partial charge in [-0.2, -0.15) is 0 Å². The van der Waals surface area contributed by atoms with Crippen LogP contribution in [0.4, 0.5) is 4.39 Å². The van der Waals surface area contributed by atoms with E-state index in [9.17, 15) is 17.9 Å². The summed E-state index contributed by atoms with van der Waals surface area (Å²) in [6.07, 6.45) is 0.965. The number of sulfone groups is 1. The number of hydrogen-bond donors (Lipinski definition) is 1. The molecule has 1 atom stereocenters. The van der Waals surface area contributed by atoms with E-state index in [2.05, 4.69) is 0 Å². The molecule has 0 heterocycles. The highest BCUT2D eigenvalue weighted by Gasteiger charge is 2.16. The quantitative estimate of drug-likeness (QED) is 0.828. The maximum atomic E-state index is 12.8. The fourth-order valence-corrected chi connectivity index (χ4v) is 3.30. The number of halogens is 1. The number of rotatable bonds is 7. The topological polar surface area (TPSA) is 54.4 Å². The Balaban J connectivity index is 2.65. The molecular weight excluding hydrogens is 255 g/mol. The highest BCUT2D eigenvalue weighted by molar-refractivity contribution is 7.91. The van der Waals surface area contributed by atoms with Gasteiger partial charge in [0.1, 0.15) is 15.7 Å². The average molecular weight is 274 g/mol. The minimum absolute atomic E-state index is 0.0590. The third-order valence-corrected chi connectivity index (χ3v) is 4.74. The molecule has 0 fully saturated rings. The van der Waals surface area contributed by atoms with Crippen LogP contribution >= 0.6 is 0 Å². The Morgan fingerprint density at radius 1 is 1.22 bits per heavy atom. The van der Waals surface area contributed by atoms with E-state index in [1.807, 2.05) is 6.92 Å². The lowest BCUT2D eigenvalue weighted by Gasteiger charge is -2.14. The Bertz CT molecular complexity index is 454. The first-order chi connectivity index (χ1) is 8.48. The molecule has 0 radical (unpaired) electrons. The van der Waals surface area contributed by atoms with E-state index in [0.717, 1.165) is 5.56 Å². The van der Waals surface area contributed by atoms with Gasteiger partial charge in [0.15, 0.2) is 0 Å². The van der Waals surface area contributed by atoms with Crippen LogP contribution in [-0.4, -0.2) is 31.6 Å². The summed E-state index contributed by atoms with van der Waals surface area (Å²) in [4.78, 5) is 0. The van der Waals surface area contributed by atoms with Crippen LogP contribution in [0.25, 0.3) is 0 Å². The Hall–Kier alpha value is -0.940. The number of hydrogen-bond acceptors (Lipinski definition) is 3. The largest absolute Gasteiger partial charge is 0.396 e. The van der Waals surface area contributed by atoms with E-state index in [4.69, 9.17) is 0 Å². The first-order valence-electron chi connectivity index (χ1n) is 6.05. The van der Waals surface area contributed by atoms with Gasteiger partial charge in [-0.05, 0) is 30.5 Å². The minimum Gasteiger partial charge on any atom is -0.396 e. The molecular formula is C13H19FO3S. The summed E-state index contributed by atoms with van der Waals surface area (Å²) in [5.74, 6) is -0.357. The summed E-state index contributed by atoms with van der Waals surface area (Å²) in [5.41, 5.74) is 0.769. The normalized spacial score (nSPS) is 13.5. The van der Waals surface area contributed by atoms with Crippen molar-refractivity contribution < 1.29 is 17.9 Å². The van der Waals surface area contributed by atoms with Crippen LogP contribution in [0.1, 0.15) is 31.2 Å². The van der Waals surface area contributed by atoms with Crippen LogP contribution in [0.3, 0.4) is 0 Å². The minimum atomic E-state index is -3.04. The summed E-state index contributed by atoms with van der Waals surface area (Å²) < 4.78 is 36.0. The Morgan fingerprint density at radius 3 is 2.33 bits per heavy atom. The molecule has 0 aliphatic heterocycles. The maximum Gasteiger partial charge on any atom is 0.150 e. The van der Waals surface area contributed by atoms with E-state index >= 15 is 0 Å². The molecule has 0 aliphatic rings. The number of benzene rings is 1. The van der Waals surface area contributed by atoms with Gasteiger partial charge in [-0.1, -0.05) is 19.1 Å². The fourth-order valence-electron chi connectivity index (χ4n) is 1.83. The van der Waals surface area contributed by atoms with Gasteiger partial charge in [0.2, 0.25) is 0 Å². The molecule has 0 amide bonds. The van der Waals surface area contributed by atoms with Crippen LogP contribution in [0, 0.1) is 5.82 Å². The van der Waals surface area contributed by atoms with Crippen LogP contribution in [0.15, 0.2) is 24.3 Å². The van der Waals surface area contributed by atoms with Crippen LogP contribution in [0.2, 0.25) is 0 Å². The van der Waals surface area contributed by atoms with E-state index in [1.165, 1.54) is 12.1 Å². The van der Waals surface area contributed by atoms with Crippen molar-refractivity contribution in [3.63, 3.8) is 0 Å². The van der Waals surface area contributed by atoms with Crippen molar-refractivity contribution in [1.29, 1.82) is 0 Å². The average Bonchev–Trinajstić information content (AvgIpc) is 2.32. The Morgan fingerprint density at radius 2 is 1.83 bits per heavy atom. The van der Waals surface area contributed by atoms with E-state index < -0.39 is 9.84 Å². The fraction of sp³-hybridized carbons (Fsp3) is 0.538. The molecule has 0 aromatic heterocycles. The highest BCUT2D eigenvalue weighted by Crippen LogP contribution is 2.20. The van der Waals surface area contributed by atoms with Crippen LogP contribution in [0.5, 0.6) is 0 Å². The summed E-state index contributed by atoms with van der Waals surface area (Å²) in [7, 11) is -3.04. The van der Waals surface area contributed by atoms with E-state index in [0.29, 0.717) is 12.8 Å². The predicted molar refractivity (Wildman–Crippen MR) is 69.8 cm³/mol. The van der Waals surface area contributed by atoms with Crippen molar-refractivity contribution in [3.05, 3.63) is 35.6 Å². The van der Waals surface area contributed by atoms with E-state index in [1.54, 1.807) is 12.1 Å². The number of aliphatic hydroxyl groups excluding tert-OH is 1. The van der Waals surface area contributed by atoms with Gasteiger partial charge in [-0.15, -0.1) is 0 Å². The maximum absolute atomic E-state index is 12.8. The van der Waals surface area contributed by atoms with Crippen molar-refractivity contribution in [3.8, 4) is 0 Å². The molecule has 1 aromatic rings. The smallest absolute Gasteiger partial charge is 0.150 e. The molecule has 1 aromatic carbocycles. The van der Waals surface area contributed by atoms with Crippen LogP contribution in [-0.2, 0) is 9.84 Å². The molecule has 102 valence electrons. The Kier molecular flexibility index (Phi) is 5.75. The lowest BCUT2D eigenvalue weighted by Crippen LogP contribution is -2.15. The molecule has 1 rings (SSSR count). The van der Waals surface area contributed by atoms with Gasteiger partial charge in [-0.25, -0.2) is 12.8 Å². The van der Waals surface area contributed by atoms with Gasteiger partial charge in [0, 0.05) is 18.3 Å². The second-order valence-electron chi connectivity index (χ2n) is 4.37. The third kappa shape index (κ3) is 4.74. The SMILES string of the molecule is CCCS(=O)(=O)CCC(CO)c1ccc(F)cc1. The van der Waals surface area contributed by atoms with Gasteiger partial charge in [0.25, 0.3) is 0 Å². The second kappa shape index (κ2) is 6.85. The molecule has 0 spiro atoms. The zero-order valence-corrected chi connectivity index (χ0v) is 11.3. The summed E-state index contributed by atoms with van der Waals surface area (Å²) in [6, 6.07) is 5.81. The molecule has 0 aliphatic carbocycles. The van der Waals surface area contributed by atoms with Crippen molar-refractivity contribution in [2.24, 2.45) is 0 Å². The predicted octanol–water partition coefficient (Wildman–Crippen LogP) is 2.12. The van der Waals surface area contributed by atoms with Crippen LogP contribution < -0.4 is 0 Å². The molecule has 18 heavy (non-hydrogen) atoms. The first-order valence-corrected chi connectivity index (χ1v) is 7.87. The zero-order chi connectivity index (χ0) is 13.6. The lowest BCUT2D eigenvalue weighted by atomic mass is 9.97. The lowest BCUT2D eigenvalue weighted by molar-refractivity contribution is 0.262. The summed E-state index contributed by atoms with van der Waals surface area (Å²) in [5, 5.41) is 9.29. The van der Waals surface area contributed by atoms with Gasteiger partial charge in [0.05, 0.1) is 5.75 Å². The summed E-state index contributed by atoms with van der Waals surface area (Å²) in [6.45, 7) is 1.69. The van der Waals surface area contributed by atoms with E-state index in [-0.39, 0.29) is 29.8 Å². The molecule has 0 bridgehead atoms. The van der Waals surface area contributed by atoms with Gasteiger partial charge < -0.3 is 5.11 Å². The first kappa shape index (κ1) is 15.1. The van der Waals surface area contributed by atoms with Crippen molar-refractivity contribution in [1.82, 2.24) is 0 Å². The molecule has 0 saturated heterocycles. The van der Waals surface area contributed by atoms with Gasteiger partial charge >= 0.3 is 0 Å². The second-order valence-corrected chi connectivity index (χ2v) is 6.68. The molecule has 1 N–H and O–H groups in total. The standard InChI is InChI=1S/C13H19FO3S/c1-2-8-18(16,17)9-7-12(10-15)11-3-5-13(14)6-4-11/h3-6,12,15H,2,7-10H2,1H3. The molecule has 1 unspecified atom stereocenters.